The van der Waals surface area contributed by atoms with Crippen molar-refractivity contribution in [3.05, 3.63) is 0 Å². The van der Waals surface area contributed by atoms with Crippen LogP contribution in [0.15, 0.2) is 0 Å². The quantitative estimate of drug-likeness (QED) is 0.586. The molecule has 9 heavy (non-hydrogen) atoms. The van der Waals surface area contributed by atoms with E-state index in [9.17, 15) is 9.59 Å². The van der Waals surface area contributed by atoms with Gasteiger partial charge in [0.05, 0.1) is 11.0 Å². The lowest BCUT2D eigenvalue weighted by molar-refractivity contribution is -0.136. The van der Waals surface area contributed by atoms with Crippen molar-refractivity contribution >= 4 is 24.0 Å². The van der Waals surface area contributed by atoms with E-state index in [4.69, 9.17) is 5.11 Å². The number of hydrogen-bond donors (Lipinski definition) is 1. The molecule has 0 aliphatic rings. The summed E-state index contributed by atoms with van der Waals surface area (Å²) in [6.45, 7) is 1.55. The Morgan fingerprint density at radius 3 is 2.78 bits per heavy atom. The number of carboxylic acid groups (broad SMARTS) is 1. The Morgan fingerprint density at radius 1 is 1.89 bits per heavy atom. The molecular weight excluding hydrogens is 140 g/mol. The first-order valence-electron chi connectivity index (χ1n) is 2.46. The van der Waals surface area contributed by atoms with Crippen LogP contribution in [0.5, 0.6) is 0 Å². The van der Waals surface area contributed by atoms with Crippen LogP contribution in [0, 0.1) is 0 Å². The Kier molecular flexibility index (Phi) is 4.13. The minimum atomic E-state index is -0.873. The van der Waals surface area contributed by atoms with Gasteiger partial charge in [-0.05, 0) is 6.92 Å². The SMILES string of the molecule is CC(SCC=O)C(=O)O. The molecule has 1 atom stereocenters. The molecule has 3 nitrogen and oxygen atoms in total. The molecule has 0 heterocycles. The van der Waals surface area contributed by atoms with Gasteiger partial charge in [-0.1, -0.05) is 0 Å². The smallest absolute Gasteiger partial charge is 0.316 e. The van der Waals surface area contributed by atoms with Crippen LogP contribution in [0.25, 0.3) is 0 Å². The van der Waals surface area contributed by atoms with Gasteiger partial charge in [0.2, 0.25) is 0 Å². The molecule has 1 unspecified atom stereocenters. The molecule has 0 aromatic rings. The number of rotatable bonds is 4. The fourth-order valence-corrected chi connectivity index (χ4v) is 0.765. The predicted molar refractivity (Wildman–Crippen MR) is 35.6 cm³/mol. The molecular formula is C5H8O3S. The van der Waals surface area contributed by atoms with E-state index in [2.05, 4.69) is 0 Å². The lowest BCUT2D eigenvalue weighted by Gasteiger charge is -1.99. The summed E-state index contributed by atoms with van der Waals surface area (Å²) in [5.41, 5.74) is 0. The Balaban J connectivity index is 3.37. The summed E-state index contributed by atoms with van der Waals surface area (Å²) in [7, 11) is 0. The molecule has 0 aliphatic heterocycles. The number of carbonyl (C=O) groups excluding carboxylic acids is 1. The van der Waals surface area contributed by atoms with Crippen molar-refractivity contribution in [2.75, 3.05) is 5.75 Å². The molecule has 0 saturated heterocycles. The van der Waals surface area contributed by atoms with Crippen LogP contribution in [0.4, 0.5) is 0 Å². The normalized spacial score (nSPS) is 12.6. The van der Waals surface area contributed by atoms with Gasteiger partial charge in [0.25, 0.3) is 0 Å². The fourth-order valence-electron chi connectivity index (χ4n) is 0.255. The fraction of sp³-hybridized carbons (Fsp3) is 0.600. The van der Waals surface area contributed by atoms with Gasteiger partial charge in [0.1, 0.15) is 6.29 Å². The number of thioether (sulfide) groups is 1. The average molecular weight is 148 g/mol. The summed E-state index contributed by atoms with van der Waals surface area (Å²) in [4.78, 5) is 19.8. The van der Waals surface area contributed by atoms with Gasteiger partial charge >= 0.3 is 5.97 Å². The second-order valence-corrected chi connectivity index (χ2v) is 2.85. The largest absolute Gasteiger partial charge is 0.480 e. The van der Waals surface area contributed by atoms with E-state index in [-0.39, 0.29) is 5.75 Å². The van der Waals surface area contributed by atoms with E-state index in [1.807, 2.05) is 0 Å². The van der Waals surface area contributed by atoms with Crippen LogP contribution in [-0.4, -0.2) is 28.4 Å². The Hall–Kier alpha value is -0.510. The molecule has 0 aromatic carbocycles. The highest BCUT2D eigenvalue weighted by atomic mass is 32.2. The number of carbonyl (C=O) groups is 2. The van der Waals surface area contributed by atoms with Crippen LogP contribution in [-0.2, 0) is 9.59 Å². The number of aliphatic carboxylic acids is 1. The maximum absolute atomic E-state index is 10.1. The number of hydrogen-bond acceptors (Lipinski definition) is 3. The predicted octanol–water partition coefficient (Wildman–Crippen LogP) is 0.392. The molecule has 4 heteroatoms. The van der Waals surface area contributed by atoms with Crippen molar-refractivity contribution in [2.45, 2.75) is 12.2 Å². The van der Waals surface area contributed by atoms with Crippen LogP contribution in [0.2, 0.25) is 0 Å². The van der Waals surface area contributed by atoms with Gasteiger partial charge < -0.3 is 9.90 Å². The average Bonchev–Trinajstić information content (AvgIpc) is 1.82. The third-order valence-electron chi connectivity index (χ3n) is 0.762. The third-order valence-corrected chi connectivity index (χ3v) is 1.79. The zero-order chi connectivity index (χ0) is 7.28. The highest BCUT2D eigenvalue weighted by Crippen LogP contribution is 2.07. The molecule has 0 aliphatic carbocycles. The van der Waals surface area contributed by atoms with Crippen molar-refractivity contribution in [1.29, 1.82) is 0 Å². The molecule has 0 radical (unpaired) electrons. The molecule has 0 aromatic heterocycles. The van der Waals surface area contributed by atoms with E-state index in [0.717, 1.165) is 11.8 Å². The van der Waals surface area contributed by atoms with E-state index in [0.29, 0.717) is 6.29 Å². The Labute approximate surface area is 57.4 Å². The molecule has 0 saturated carbocycles. The van der Waals surface area contributed by atoms with E-state index < -0.39 is 11.2 Å². The minimum Gasteiger partial charge on any atom is -0.480 e. The van der Waals surface area contributed by atoms with Crippen molar-refractivity contribution in [3.8, 4) is 0 Å². The van der Waals surface area contributed by atoms with Crippen molar-refractivity contribution in [3.63, 3.8) is 0 Å². The maximum atomic E-state index is 10.1. The van der Waals surface area contributed by atoms with Gasteiger partial charge in [0.15, 0.2) is 0 Å². The van der Waals surface area contributed by atoms with Gasteiger partial charge in [-0.3, -0.25) is 4.79 Å². The topological polar surface area (TPSA) is 54.4 Å². The van der Waals surface area contributed by atoms with Gasteiger partial charge in [0, 0.05) is 0 Å². The zero-order valence-corrected chi connectivity index (χ0v) is 5.85. The highest BCUT2D eigenvalue weighted by molar-refractivity contribution is 8.01. The molecule has 52 valence electrons. The first kappa shape index (κ1) is 8.49. The van der Waals surface area contributed by atoms with E-state index >= 15 is 0 Å². The summed E-state index contributed by atoms with van der Waals surface area (Å²) in [6.07, 6.45) is 0.699. The van der Waals surface area contributed by atoms with Crippen LogP contribution >= 0.6 is 11.8 Å². The van der Waals surface area contributed by atoms with Crippen molar-refractivity contribution < 1.29 is 14.7 Å². The summed E-state index contributed by atoms with van der Waals surface area (Å²) < 4.78 is 0. The first-order valence-corrected chi connectivity index (χ1v) is 3.51. The Bertz CT molecular complexity index is 113. The van der Waals surface area contributed by atoms with E-state index in [1.165, 1.54) is 0 Å². The lowest BCUT2D eigenvalue weighted by Crippen LogP contribution is -2.12. The molecule has 0 bridgehead atoms. The van der Waals surface area contributed by atoms with Crippen molar-refractivity contribution in [2.24, 2.45) is 0 Å². The third kappa shape index (κ3) is 4.02. The monoisotopic (exact) mass is 148 g/mol. The van der Waals surface area contributed by atoms with Gasteiger partial charge in [-0.15, -0.1) is 11.8 Å². The van der Waals surface area contributed by atoms with Gasteiger partial charge in [-0.2, -0.15) is 0 Å². The summed E-state index contributed by atoms with van der Waals surface area (Å²) in [5, 5.41) is 7.80. The minimum absolute atomic E-state index is 0.257. The zero-order valence-electron chi connectivity index (χ0n) is 5.03. The summed E-state index contributed by atoms with van der Waals surface area (Å²) in [6, 6.07) is 0. The highest BCUT2D eigenvalue weighted by Gasteiger charge is 2.09. The molecule has 0 fully saturated rings. The second-order valence-electron chi connectivity index (χ2n) is 1.48. The second kappa shape index (κ2) is 4.38. The van der Waals surface area contributed by atoms with Gasteiger partial charge in [-0.25, -0.2) is 0 Å². The first-order chi connectivity index (χ1) is 4.18. The van der Waals surface area contributed by atoms with Crippen molar-refractivity contribution in [1.82, 2.24) is 0 Å². The van der Waals surface area contributed by atoms with E-state index in [1.54, 1.807) is 6.92 Å². The molecule has 0 spiro atoms. The summed E-state index contributed by atoms with van der Waals surface area (Å²) >= 11 is 1.12. The molecule has 0 amide bonds. The number of carboxylic acids is 1. The van der Waals surface area contributed by atoms with Crippen LogP contribution in [0.1, 0.15) is 6.92 Å². The maximum Gasteiger partial charge on any atom is 0.316 e. The lowest BCUT2D eigenvalue weighted by atomic mass is 10.5. The molecule has 1 N–H and O–H groups in total. The van der Waals surface area contributed by atoms with Crippen LogP contribution in [0.3, 0.4) is 0 Å². The standard InChI is InChI=1S/C5H8O3S/c1-4(5(7)8)9-3-2-6/h2,4H,3H2,1H3,(H,7,8). The Morgan fingerprint density at radius 2 is 2.44 bits per heavy atom. The van der Waals surface area contributed by atoms with Crippen LogP contribution < -0.4 is 0 Å². The molecule has 0 rings (SSSR count). The summed E-state index contributed by atoms with van der Waals surface area (Å²) in [5.74, 6) is -0.616. The number of aldehydes is 1.